The van der Waals surface area contributed by atoms with Gasteiger partial charge in [-0.25, -0.2) is 8.78 Å². The van der Waals surface area contributed by atoms with Crippen LogP contribution in [0.25, 0.3) is 0 Å². The maximum atomic E-state index is 14.5. The van der Waals surface area contributed by atoms with E-state index in [1.165, 1.54) is 55.0 Å². The third-order valence-corrected chi connectivity index (χ3v) is 7.06. The second-order valence-electron chi connectivity index (χ2n) is 10.3. The van der Waals surface area contributed by atoms with Gasteiger partial charge >= 0.3 is 6.18 Å². The van der Waals surface area contributed by atoms with Crippen LogP contribution in [0, 0.1) is 11.6 Å². The minimum atomic E-state index is -5.04. The molecular formula is C29H29F5N2O3. The van der Waals surface area contributed by atoms with Crippen molar-refractivity contribution in [1.29, 1.82) is 0 Å². The van der Waals surface area contributed by atoms with Gasteiger partial charge in [0.15, 0.2) is 5.60 Å². The molecule has 3 aromatic rings. The first-order valence-electron chi connectivity index (χ1n) is 12.3. The van der Waals surface area contributed by atoms with Crippen LogP contribution in [0.4, 0.5) is 33.3 Å². The Hall–Kier alpha value is -3.66. The molecule has 208 valence electrons. The molecule has 1 aliphatic heterocycles. The summed E-state index contributed by atoms with van der Waals surface area (Å²) < 4.78 is 77.2. The summed E-state index contributed by atoms with van der Waals surface area (Å²) in [6, 6.07) is 15.4. The molecule has 1 aliphatic rings. The number of para-hydroxylation sites is 2. The topological polar surface area (TPSA) is 53.0 Å². The third-order valence-electron chi connectivity index (χ3n) is 7.06. The maximum absolute atomic E-state index is 14.5. The first-order chi connectivity index (χ1) is 18.3. The molecule has 0 fully saturated rings. The number of halogens is 5. The van der Waals surface area contributed by atoms with Gasteiger partial charge < -0.3 is 19.6 Å². The predicted molar refractivity (Wildman–Crippen MR) is 138 cm³/mol. The van der Waals surface area contributed by atoms with Crippen LogP contribution in [0.1, 0.15) is 36.2 Å². The molecule has 3 aromatic carbocycles. The number of fused-ring (bicyclic) bond motifs is 1. The molecule has 5 nitrogen and oxygen atoms in total. The number of nitrogens with zero attached hydrogens (tertiary/aromatic N) is 2. The zero-order valence-electron chi connectivity index (χ0n) is 21.7. The summed E-state index contributed by atoms with van der Waals surface area (Å²) in [7, 11) is 1.34. The van der Waals surface area contributed by atoms with Crippen LogP contribution in [-0.2, 0) is 5.41 Å². The number of carbonyl (C=O) groups is 1. The van der Waals surface area contributed by atoms with E-state index in [2.05, 4.69) is 0 Å². The summed E-state index contributed by atoms with van der Waals surface area (Å²) >= 11 is 0. The lowest BCUT2D eigenvalue weighted by atomic mass is 9.74. The fraction of sp³-hybridized carbons (Fsp3) is 0.345. The summed E-state index contributed by atoms with van der Waals surface area (Å²) in [4.78, 5) is 15.8. The quantitative estimate of drug-likeness (QED) is 0.363. The second-order valence-corrected chi connectivity index (χ2v) is 10.3. The van der Waals surface area contributed by atoms with Gasteiger partial charge in [-0.2, -0.15) is 13.2 Å². The Balaban J connectivity index is 1.68. The molecule has 0 radical (unpaired) electrons. The van der Waals surface area contributed by atoms with Crippen LogP contribution in [0.5, 0.6) is 5.75 Å². The van der Waals surface area contributed by atoms with Crippen molar-refractivity contribution in [2.75, 3.05) is 36.5 Å². The van der Waals surface area contributed by atoms with Gasteiger partial charge in [0.25, 0.3) is 5.91 Å². The van der Waals surface area contributed by atoms with Crippen LogP contribution in [-0.4, -0.2) is 49.5 Å². The Morgan fingerprint density at radius 2 is 1.59 bits per heavy atom. The van der Waals surface area contributed by atoms with Crippen LogP contribution in [0.3, 0.4) is 0 Å². The van der Waals surface area contributed by atoms with Crippen molar-refractivity contribution < 1.29 is 36.6 Å². The smallest absolute Gasteiger partial charge is 0.418 e. The summed E-state index contributed by atoms with van der Waals surface area (Å²) in [6.07, 6.45) is -5.83. The van der Waals surface area contributed by atoms with Gasteiger partial charge in [0, 0.05) is 18.7 Å². The Morgan fingerprint density at radius 1 is 0.949 bits per heavy atom. The molecule has 0 spiro atoms. The summed E-state index contributed by atoms with van der Waals surface area (Å²) in [6.45, 7) is 2.06. The van der Waals surface area contributed by atoms with Crippen molar-refractivity contribution in [2.45, 2.75) is 37.5 Å². The Bertz CT molecular complexity index is 1360. The third kappa shape index (κ3) is 5.56. The van der Waals surface area contributed by atoms with Crippen LogP contribution in [0.2, 0.25) is 0 Å². The van der Waals surface area contributed by atoms with E-state index in [1.807, 2.05) is 0 Å². The number of rotatable bonds is 7. The summed E-state index contributed by atoms with van der Waals surface area (Å²) in [5.41, 5.74) is -3.94. The van der Waals surface area contributed by atoms with Crippen LogP contribution >= 0.6 is 0 Å². The Labute approximate surface area is 223 Å². The standard InChI is InChI=1S/C29H29F5N2O3/c1-27(2,21-16-19(30)12-13-25(21)39-3)17-28(38,29(32,33)34)18-35-14-15-36(24-11-7-6-10-23(24)35)26(37)20-8-4-5-9-22(20)31/h4-13,16,38H,14-15,17-18H2,1-3H3. The number of hydrogen-bond acceptors (Lipinski definition) is 4. The number of alkyl halides is 3. The van der Waals surface area contributed by atoms with Gasteiger partial charge in [0.1, 0.15) is 17.4 Å². The number of amides is 1. The number of hydrogen-bond donors (Lipinski definition) is 1. The molecule has 1 amide bonds. The molecule has 0 aromatic heterocycles. The Kier molecular flexibility index (Phi) is 7.62. The van der Waals surface area contributed by atoms with Crippen LogP contribution < -0.4 is 14.5 Å². The van der Waals surface area contributed by atoms with Crippen molar-refractivity contribution in [3.8, 4) is 5.75 Å². The van der Waals surface area contributed by atoms with Gasteiger partial charge in [-0.05, 0) is 54.3 Å². The molecule has 39 heavy (non-hydrogen) atoms. The lowest BCUT2D eigenvalue weighted by Crippen LogP contribution is -2.58. The molecular weight excluding hydrogens is 519 g/mol. The predicted octanol–water partition coefficient (Wildman–Crippen LogP) is 6.10. The second kappa shape index (κ2) is 10.5. The minimum Gasteiger partial charge on any atom is -0.496 e. The molecule has 0 bridgehead atoms. The molecule has 10 heteroatoms. The maximum Gasteiger partial charge on any atom is 0.418 e. The van der Waals surface area contributed by atoms with E-state index >= 15 is 0 Å². The van der Waals surface area contributed by atoms with E-state index in [0.717, 1.165) is 18.2 Å². The first-order valence-corrected chi connectivity index (χ1v) is 12.3. The van der Waals surface area contributed by atoms with E-state index in [-0.39, 0.29) is 35.7 Å². The van der Waals surface area contributed by atoms with Crippen molar-refractivity contribution in [3.05, 3.63) is 89.5 Å². The Morgan fingerprint density at radius 3 is 2.23 bits per heavy atom. The van der Waals surface area contributed by atoms with Crippen LogP contribution in [0.15, 0.2) is 66.7 Å². The minimum absolute atomic E-state index is 0.0285. The van der Waals surface area contributed by atoms with E-state index in [0.29, 0.717) is 5.69 Å². The van der Waals surface area contributed by atoms with Gasteiger partial charge in [0.05, 0.1) is 30.6 Å². The molecule has 1 unspecified atom stereocenters. The van der Waals surface area contributed by atoms with Crippen molar-refractivity contribution in [2.24, 2.45) is 0 Å². The number of aliphatic hydroxyl groups is 1. The van der Waals surface area contributed by atoms with Gasteiger partial charge in [0.2, 0.25) is 0 Å². The average Bonchev–Trinajstić information content (AvgIpc) is 2.88. The highest BCUT2D eigenvalue weighted by Crippen LogP contribution is 2.45. The number of ether oxygens (including phenoxy) is 1. The zero-order valence-corrected chi connectivity index (χ0v) is 21.7. The van der Waals surface area contributed by atoms with E-state index in [9.17, 15) is 31.9 Å². The average molecular weight is 549 g/mol. The highest BCUT2D eigenvalue weighted by molar-refractivity contribution is 6.08. The van der Waals surface area contributed by atoms with E-state index in [1.54, 1.807) is 24.3 Å². The molecule has 0 saturated carbocycles. The van der Waals surface area contributed by atoms with Crippen molar-refractivity contribution in [1.82, 2.24) is 0 Å². The molecule has 0 saturated heterocycles. The number of carbonyl (C=O) groups excluding carboxylic acids is 1. The van der Waals surface area contributed by atoms with Crippen molar-refractivity contribution >= 4 is 17.3 Å². The number of benzene rings is 3. The molecule has 1 atom stereocenters. The summed E-state index contributed by atoms with van der Waals surface area (Å²) in [5, 5.41) is 11.2. The number of methoxy groups -OCH3 is 1. The van der Waals surface area contributed by atoms with E-state index in [4.69, 9.17) is 4.74 Å². The molecule has 4 rings (SSSR count). The largest absolute Gasteiger partial charge is 0.496 e. The van der Waals surface area contributed by atoms with Gasteiger partial charge in [-0.3, -0.25) is 4.79 Å². The first kappa shape index (κ1) is 28.4. The number of anilines is 2. The lowest BCUT2D eigenvalue weighted by molar-refractivity contribution is -0.262. The molecule has 0 aliphatic carbocycles. The van der Waals surface area contributed by atoms with Gasteiger partial charge in [-0.15, -0.1) is 0 Å². The van der Waals surface area contributed by atoms with Gasteiger partial charge in [-0.1, -0.05) is 38.1 Å². The highest BCUT2D eigenvalue weighted by Gasteiger charge is 2.57. The summed E-state index contributed by atoms with van der Waals surface area (Å²) in [5.74, 6) is -1.76. The fourth-order valence-corrected chi connectivity index (χ4v) is 5.17. The monoisotopic (exact) mass is 548 g/mol. The van der Waals surface area contributed by atoms with E-state index < -0.39 is 47.7 Å². The van der Waals surface area contributed by atoms with Crippen molar-refractivity contribution in [3.63, 3.8) is 0 Å². The molecule has 1 heterocycles. The lowest BCUT2D eigenvalue weighted by Gasteiger charge is -2.44. The fourth-order valence-electron chi connectivity index (χ4n) is 5.17. The highest BCUT2D eigenvalue weighted by atomic mass is 19.4. The number of β-amino-alcohol motifs (C(OH)–C–C–N with tert-alkyl or cyclic N) is 1. The SMILES string of the molecule is COc1ccc(F)cc1C(C)(C)CC(O)(CN1CCN(C(=O)c2ccccc2F)c2ccccc21)C(F)(F)F. The normalized spacial score (nSPS) is 15.5. The molecule has 1 N–H and O–H groups in total. The zero-order chi connectivity index (χ0) is 28.6.